The number of hydrogen-bond donors (Lipinski definition) is 1. The SMILES string of the molecule is COc1cc(S(=O)(=O)N2CCC(C(C)N)CC2)ccc1F.Cl. The highest BCUT2D eigenvalue weighted by Gasteiger charge is 2.31. The Morgan fingerprint density at radius 3 is 2.45 bits per heavy atom. The lowest BCUT2D eigenvalue weighted by atomic mass is 9.92. The first-order chi connectivity index (χ1) is 9.86. The van der Waals surface area contributed by atoms with E-state index in [1.54, 1.807) is 0 Å². The Labute approximate surface area is 137 Å². The summed E-state index contributed by atoms with van der Waals surface area (Å²) in [7, 11) is -2.31. The Balaban J connectivity index is 0.00000242. The molecule has 2 rings (SSSR count). The first-order valence-electron chi connectivity index (χ1n) is 6.95. The van der Waals surface area contributed by atoms with E-state index < -0.39 is 15.8 Å². The zero-order valence-electron chi connectivity index (χ0n) is 12.7. The van der Waals surface area contributed by atoms with Crippen molar-refractivity contribution >= 4 is 22.4 Å². The molecule has 2 N–H and O–H groups in total. The molecule has 1 fully saturated rings. The fraction of sp³-hybridized carbons (Fsp3) is 0.571. The molecule has 22 heavy (non-hydrogen) atoms. The van der Waals surface area contributed by atoms with Gasteiger partial charge >= 0.3 is 0 Å². The number of halogens is 2. The van der Waals surface area contributed by atoms with Crippen LogP contribution in [0.3, 0.4) is 0 Å². The predicted octanol–water partition coefficient (Wildman–Crippen LogP) is 2.00. The molecule has 0 spiro atoms. The maximum atomic E-state index is 13.4. The molecule has 5 nitrogen and oxygen atoms in total. The summed E-state index contributed by atoms with van der Waals surface area (Å²) in [5, 5.41) is 0. The van der Waals surface area contributed by atoms with Gasteiger partial charge in [0.25, 0.3) is 0 Å². The van der Waals surface area contributed by atoms with E-state index in [4.69, 9.17) is 10.5 Å². The van der Waals surface area contributed by atoms with Crippen molar-refractivity contribution in [3.05, 3.63) is 24.0 Å². The molecule has 1 saturated heterocycles. The van der Waals surface area contributed by atoms with Crippen LogP contribution in [0.4, 0.5) is 4.39 Å². The Hall–Kier alpha value is -0.890. The monoisotopic (exact) mass is 352 g/mol. The third-order valence-corrected chi connectivity index (χ3v) is 5.90. The van der Waals surface area contributed by atoms with Gasteiger partial charge in [0.15, 0.2) is 11.6 Å². The second kappa shape index (κ2) is 7.59. The Kier molecular flexibility index (Phi) is 6.61. The lowest BCUT2D eigenvalue weighted by molar-refractivity contribution is 0.250. The summed E-state index contributed by atoms with van der Waals surface area (Å²) < 4.78 is 44.8. The molecule has 1 heterocycles. The second-order valence-corrected chi connectivity index (χ2v) is 7.33. The molecular weight excluding hydrogens is 331 g/mol. The smallest absolute Gasteiger partial charge is 0.243 e. The minimum absolute atomic E-state index is 0. The van der Waals surface area contributed by atoms with E-state index in [0.29, 0.717) is 19.0 Å². The summed E-state index contributed by atoms with van der Waals surface area (Å²) in [5.41, 5.74) is 5.86. The van der Waals surface area contributed by atoms with Crippen LogP contribution in [0.25, 0.3) is 0 Å². The number of sulfonamides is 1. The van der Waals surface area contributed by atoms with Crippen LogP contribution in [-0.4, -0.2) is 39.0 Å². The Bertz CT molecular complexity index is 602. The quantitative estimate of drug-likeness (QED) is 0.899. The van der Waals surface area contributed by atoms with Crippen LogP contribution < -0.4 is 10.5 Å². The highest BCUT2D eigenvalue weighted by atomic mass is 35.5. The van der Waals surface area contributed by atoms with Gasteiger partial charge in [-0.3, -0.25) is 0 Å². The van der Waals surface area contributed by atoms with Crippen molar-refractivity contribution in [1.82, 2.24) is 4.31 Å². The number of piperidine rings is 1. The molecule has 0 saturated carbocycles. The van der Waals surface area contributed by atoms with Gasteiger partial charge in [-0.05, 0) is 37.8 Å². The summed E-state index contributed by atoms with van der Waals surface area (Å²) in [4.78, 5) is 0.0556. The molecule has 0 amide bonds. The molecule has 1 aromatic rings. The molecule has 0 aromatic heterocycles. The minimum Gasteiger partial charge on any atom is -0.494 e. The summed E-state index contributed by atoms with van der Waals surface area (Å²) in [6.45, 7) is 2.82. The van der Waals surface area contributed by atoms with E-state index in [-0.39, 0.29) is 29.1 Å². The van der Waals surface area contributed by atoms with E-state index in [2.05, 4.69) is 0 Å². The number of ether oxygens (including phenoxy) is 1. The van der Waals surface area contributed by atoms with Crippen molar-refractivity contribution in [3.8, 4) is 5.75 Å². The molecule has 126 valence electrons. The fourth-order valence-corrected chi connectivity index (χ4v) is 4.08. The van der Waals surface area contributed by atoms with E-state index >= 15 is 0 Å². The van der Waals surface area contributed by atoms with Crippen LogP contribution >= 0.6 is 12.4 Å². The third kappa shape index (κ3) is 3.90. The van der Waals surface area contributed by atoms with Gasteiger partial charge in [-0.2, -0.15) is 4.31 Å². The van der Waals surface area contributed by atoms with Crippen LogP contribution in [0.2, 0.25) is 0 Å². The van der Waals surface area contributed by atoms with Gasteiger partial charge in [0, 0.05) is 25.2 Å². The summed E-state index contributed by atoms with van der Waals surface area (Å²) >= 11 is 0. The number of benzene rings is 1. The maximum Gasteiger partial charge on any atom is 0.243 e. The van der Waals surface area contributed by atoms with Crippen LogP contribution in [0, 0.1) is 11.7 Å². The van der Waals surface area contributed by atoms with Crippen LogP contribution in [-0.2, 0) is 10.0 Å². The lowest BCUT2D eigenvalue weighted by Gasteiger charge is -2.32. The average Bonchev–Trinajstić information content (AvgIpc) is 2.47. The van der Waals surface area contributed by atoms with Gasteiger partial charge in [0.1, 0.15) is 0 Å². The number of hydrogen-bond acceptors (Lipinski definition) is 4. The van der Waals surface area contributed by atoms with Gasteiger partial charge in [-0.25, -0.2) is 12.8 Å². The number of nitrogens with two attached hydrogens (primary N) is 1. The molecule has 1 aliphatic rings. The van der Waals surface area contributed by atoms with Gasteiger partial charge in [-0.1, -0.05) is 0 Å². The third-order valence-electron chi connectivity index (χ3n) is 4.00. The molecular formula is C14H22ClFN2O3S. The summed E-state index contributed by atoms with van der Waals surface area (Å²) in [6.07, 6.45) is 1.49. The zero-order chi connectivity index (χ0) is 15.6. The van der Waals surface area contributed by atoms with E-state index in [1.807, 2.05) is 6.92 Å². The van der Waals surface area contributed by atoms with Gasteiger partial charge < -0.3 is 10.5 Å². The number of nitrogens with zero attached hydrogens (tertiary/aromatic N) is 1. The summed E-state index contributed by atoms with van der Waals surface area (Å²) in [6, 6.07) is 3.67. The topological polar surface area (TPSA) is 72.6 Å². The number of rotatable bonds is 4. The first kappa shape index (κ1) is 19.2. The summed E-state index contributed by atoms with van der Waals surface area (Å²) in [5.74, 6) is -0.298. The molecule has 1 aliphatic heterocycles. The van der Waals surface area contributed by atoms with Gasteiger partial charge in [0.05, 0.1) is 12.0 Å². The van der Waals surface area contributed by atoms with Crippen molar-refractivity contribution in [3.63, 3.8) is 0 Å². The van der Waals surface area contributed by atoms with E-state index in [9.17, 15) is 12.8 Å². The van der Waals surface area contributed by atoms with Crippen molar-refractivity contribution < 1.29 is 17.5 Å². The van der Waals surface area contributed by atoms with Gasteiger partial charge in [-0.15, -0.1) is 12.4 Å². The Morgan fingerprint density at radius 1 is 1.36 bits per heavy atom. The van der Waals surface area contributed by atoms with Crippen molar-refractivity contribution in [2.24, 2.45) is 11.7 Å². The molecule has 1 atom stereocenters. The van der Waals surface area contributed by atoms with Crippen LogP contribution in [0.15, 0.2) is 23.1 Å². The largest absolute Gasteiger partial charge is 0.494 e. The number of methoxy groups -OCH3 is 1. The van der Waals surface area contributed by atoms with Crippen LogP contribution in [0.5, 0.6) is 5.75 Å². The highest BCUT2D eigenvalue weighted by Crippen LogP contribution is 2.27. The minimum atomic E-state index is -3.61. The van der Waals surface area contributed by atoms with Gasteiger partial charge in [0.2, 0.25) is 10.0 Å². The van der Waals surface area contributed by atoms with E-state index in [0.717, 1.165) is 18.9 Å². The molecule has 0 aliphatic carbocycles. The highest BCUT2D eigenvalue weighted by molar-refractivity contribution is 7.89. The molecule has 1 aromatic carbocycles. The van der Waals surface area contributed by atoms with Crippen molar-refractivity contribution in [1.29, 1.82) is 0 Å². The normalized spacial score (nSPS) is 18.5. The average molecular weight is 353 g/mol. The zero-order valence-corrected chi connectivity index (χ0v) is 14.3. The lowest BCUT2D eigenvalue weighted by Crippen LogP contribution is -2.42. The molecule has 8 heteroatoms. The second-order valence-electron chi connectivity index (χ2n) is 5.40. The van der Waals surface area contributed by atoms with Crippen molar-refractivity contribution in [2.45, 2.75) is 30.7 Å². The molecule has 0 bridgehead atoms. The molecule has 0 radical (unpaired) electrons. The standard InChI is InChI=1S/C14H21FN2O3S.ClH/c1-10(16)11-5-7-17(8-6-11)21(18,19)12-3-4-13(15)14(9-12)20-2;/h3-4,9-11H,5-8,16H2,1-2H3;1H. The molecule has 1 unspecified atom stereocenters. The maximum absolute atomic E-state index is 13.4. The predicted molar refractivity (Wildman–Crippen MR) is 85.3 cm³/mol. The Morgan fingerprint density at radius 2 is 1.95 bits per heavy atom. The first-order valence-corrected chi connectivity index (χ1v) is 8.39. The van der Waals surface area contributed by atoms with Crippen LogP contribution in [0.1, 0.15) is 19.8 Å². The fourth-order valence-electron chi connectivity index (χ4n) is 2.59. The van der Waals surface area contributed by atoms with E-state index in [1.165, 1.54) is 23.5 Å². The van der Waals surface area contributed by atoms with Crippen molar-refractivity contribution in [2.75, 3.05) is 20.2 Å².